The summed E-state index contributed by atoms with van der Waals surface area (Å²) in [4.78, 5) is 28.5. The maximum atomic E-state index is 13.8. The van der Waals surface area contributed by atoms with Crippen LogP contribution in [0, 0.1) is 17.7 Å². The van der Waals surface area contributed by atoms with Gasteiger partial charge in [-0.3, -0.25) is 9.59 Å². The van der Waals surface area contributed by atoms with Gasteiger partial charge in [-0.1, -0.05) is 32.0 Å². The summed E-state index contributed by atoms with van der Waals surface area (Å²) in [6.07, 6.45) is 1.49. The minimum Gasteiger partial charge on any atom is -0.370 e. The number of rotatable bonds is 6. The summed E-state index contributed by atoms with van der Waals surface area (Å²) in [5, 5.41) is 0. The number of carbonyl (C=O) groups excluding carboxylic acids is 2. The normalized spacial score (nSPS) is 21.2. The number of halogens is 1. The molecule has 1 heterocycles. The van der Waals surface area contributed by atoms with Gasteiger partial charge in [-0.25, -0.2) is 4.39 Å². The lowest BCUT2D eigenvalue weighted by atomic mass is 10.2. The van der Waals surface area contributed by atoms with Gasteiger partial charge in [-0.05, 0) is 24.8 Å². The molecule has 1 unspecified atom stereocenters. The fourth-order valence-electron chi connectivity index (χ4n) is 3.28. The predicted molar refractivity (Wildman–Crippen MR) is 95.7 cm³/mol. The van der Waals surface area contributed by atoms with Crippen LogP contribution in [0.4, 0.5) is 4.39 Å². The molecule has 0 N–H and O–H groups in total. The van der Waals surface area contributed by atoms with Gasteiger partial charge >= 0.3 is 0 Å². The Morgan fingerprint density at radius 3 is 2.65 bits per heavy atom. The van der Waals surface area contributed by atoms with Crippen molar-refractivity contribution >= 4 is 11.8 Å². The molecular formula is C20H27FN2O3. The molecule has 1 aromatic rings. The van der Waals surface area contributed by atoms with Crippen LogP contribution in [-0.4, -0.2) is 53.9 Å². The topological polar surface area (TPSA) is 49.9 Å². The second kappa shape index (κ2) is 8.16. The van der Waals surface area contributed by atoms with Crippen LogP contribution in [-0.2, 0) is 20.9 Å². The van der Waals surface area contributed by atoms with Gasteiger partial charge in [-0.2, -0.15) is 0 Å². The van der Waals surface area contributed by atoms with Gasteiger partial charge in [0.25, 0.3) is 0 Å². The minimum absolute atomic E-state index is 0.0373. The van der Waals surface area contributed by atoms with E-state index in [1.165, 1.54) is 6.07 Å². The van der Waals surface area contributed by atoms with Crippen molar-refractivity contribution in [1.82, 2.24) is 9.80 Å². The second-order valence-electron chi connectivity index (χ2n) is 7.71. The van der Waals surface area contributed by atoms with Gasteiger partial charge < -0.3 is 14.5 Å². The highest BCUT2D eigenvalue weighted by molar-refractivity contribution is 5.87. The molecule has 0 bridgehead atoms. The molecule has 5 nitrogen and oxygen atoms in total. The molecule has 2 fully saturated rings. The summed E-state index contributed by atoms with van der Waals surface area (Å²) in [5.74, 6) is 0.0968. The van der Waals surface area contributed by atoms with Gasteiger partial charge in [0, 0.05) is 31.1 Å². The summed E-state index contributed by atoms with van der Waals surface area (Å²) >= 11 is 0. The summed E-state index contributed by atoms with van der Waals surface area (Å²) in [5.41, 5.74) is 0.485. The van der Waals surface area contributed by atoms with E-state index in [4.69, 9.17) is 4.74 Å². The van der Waals surface area contributed by atoms with Crippen molar-refractivity contribution in [2.75, 3.05) is 26.2 Å². The number of benzene rings is 1. The highest BCUT2D eigenvalue weighted by atomic mass is 19.1. The third kappa shape index (κ3) is 4.81. The van der Waals surface area contributed by atoms with Gasteiger partial charge in [-0.15, -0.1) is 0 Å². The smallest absolute Gasteiger partial charge is 0.242 e. The van der Waals surface area contributed by atoms with E-state index in [-0.39, 0.29) is 42.8 Å². The SMILES string of the molecule is CC(C)CN1CC(OCc2ccccc2F)CN(C(=O)C2CC2)CC1=O. The Hall–Kier alpha value is -1.95. The highest BCUT2D eigenvalue weighted by Gasteiger charge is 2.38. The molecule has 0 radical (unpaired) electrons. The quantitative estimate of drug-likeness (QED) is 0.781. The molecule has 2 amide bonds. The van der Waals surface area contributed by atoms with Gasteiger partial charge in [0.15, 0.2) is 0 Å². The monoisotopic (exact) mass is 362 g/mol. The maximum Gasteiger partial charge on any atom is 0.242 e. The van der Waals surface area contributed by atoms with Crippen LogP contribution in [0.15, 0.2) is 24.3 Å². The Morgan fingerprint density at radius 2 is 2.00 bits per heavy atom. The van der Waals surface area contributed by atoms with E-state index in [9.17, 15) is 14.0 Å². The van der Waals surface area contributed by atoms with Crippen LogP contribution in [0.1, 0.15) is 32.3 Å². The lowest BCUT2D eigenvalue weighted by Crippen LogP contribution is -2.41. The molecule has 6 heteroatoms. The standard InChI is InChI=1S/C20H27FN2O3/c1-14(2)9-22-10-17(26-13-16-5-3-4-6-18(16)21)11-23(12-19(22)24)20(25)15-7-8-15/h3-6,14-15,17H,7-13H2,1-2H3. The number of amides is 2. The zero-order chi connectivity index (χ0) is 18.7. The first-order valence-electron chi connectivity index (χ1n) is 9.35. The first-order chi connectivity index (χ1) is 12.4. The molecular weight excluding hydrogens is 335 g/mol. The van der Waals surface area contributed by atoms with E-state index < -0.39 is 0 Å². The Balaban J connectivity index is 1.70. The molecule has 26 heavy (non-hydrogen) atoms. The van der Waals surface area contributed by atoms with Crippen molar-refractivity contribution < 1.29 is 18.7 Å². The average Bonchev–Trinajstić information content (AvgIpc) is 3.43. The molecule has 1 aliphatic heterocycles. The Morgan fingerprint density at radius 1 is 1.27 bits per heavy atom. The van der Waals surface area contributed by atoms with Gasteiger partial charge in [0.1, 0.15) is 5.82 Å². The van der Waals surface area contributed by atoms with Crippen LogP contribution in [0.5, 0.6) is 0 Å². The van der Waals surface area contributed by atoms with Crippen molar-refractivity contribution in [1.29, 1.82) is 0 Å². The number of nitrogens with zero attached hydrogens (tertiary/aromatic N) is 2. The Kier molecular flexibility index (Phi) is 5.91. The number of hydrogen-bond acceptors (Lipinski definition) is 3. The molecule has 1 atom stereocenters. The van der Waals surface area contributed by atoms with Crippen LogP contribution in [0.3, 0.4) is 0 Å². The minimum atomic E-state index is -0.317. The Labute approximate surface area is 154 Å². The predicted octanol–water partition coefficient (Wildman–Crippen LogP) is 2.45. The third-order valence-corrected chi connectivity index (χ3v) is 4.78. The lowest BCUT2D eigenvalue weighted by Gasteiger charge is -2.26. The molecule has 1 aliphatic carbocycles. The van der Waals surface area contributed by atoms with Crippen LogP contribution in [0.25, 0.3) is 0 Å². The van der Waals surface area contributed by atoms with E-state index in [0.717, 1.165) is 12.8 Å². The zero-order valence-corrected chi connectivity index (χ0v) is 15.5. The molecule has 3 rings (SSSR count). The van der Waals surface area contributed by atoms with E-state index in [0.29, 0.717) is 31.1 Å². The summed E-state index contributed by atoms with van der Waals surface area (Å²) in [6, 6.07) is 6.51. The maximum absolute atomic E-state index is 13.8. The first kappa shape index (κ1) is 18.8. The van der Waals surface area contributed by atoms with Crippen LogP contribution >= 0.6 is 0 Å². The summed E-state index contributed by atoms with van der Waals surface area (Å²) in [7, 11) is 0. The van der Waals surface area contributed by atoms with E-state index >= 15 is 0 Å². The summed E-state index contributed by atoms with van der Waals surface area (Å²) < 4.78 is 19.8. The first-order valence-corrected chi connectivity index (χ1v) is 9.35. The largest absolute Gasteiger partial charge is 0.370 e. The Bertz CT molecular complexity index is 660. The molecule has 1 saturated heterocycles. The van der Waals surface area contributed by atoms with Crippen molar-refractivity contribution in [3.8, 4) is 0 Å². The van der Waals surface area contributed by atoms with Crippen LogP contribution in [0.2, 0.25) is 0 Å². The van der Waals surface area contributed by atoms with Crippen molar-refractivity contribution in [2.45, 2.75) is 39.4 Å². The summed E-state index contributed by atoms with van der Waals surface area (Å²) in [6.45, 7) is 5.79. The highest BCUT2D eigenvalue weighted by Crippen LogP contribution is 2.31. The fourth-order valence-corrected chi connectivity index (χ4v) is 3.28. The average molecular weight is 362 g/mol. The number of hydrogen-bond donors (Lipinski definition) is 0. The lowest BCUT2D eigenvalue weighted by molar-refractivity contribution is -0.139. The molecule has 2 aliphatic rings. The molecule has 142 valence electrons. The van der Waals surface area contributed by atoms with Crippen molar-refractivity contribution in [2.24, 2.45) is 11.8 Å². The molecule has 0 spiro atoms. The van der Waals surface area contributed by atoms with Gasteiger partial charge in [0.2, 0.25) is 11.8 Å². The molecule has 1 saturated carbocycles. The molecule has 1 aromatic carbocycles. The number of carbonyl (C=O) groups is 2. The van der Waals surface area contributed by atoms with Gasteiger partial charge in [0.05, 0.1) is 19.3 Å². The zero-order valence-electron chi connectivity index (χ0n) is 15.5. The third-order valence-electron chi connectivity index (χ3n) is 4.78. The second-order valence-corrected chi connectivity index (χ2v) is 7.71. The van der Waals surface area contributed by atoms with E-state index in [1.807, 2.05) is 0 Å². The fraction of sp³-hybridized carbons (Fsp3) is 0.600. The van der Waals surface area contributed by atoms with Crippen LogP contribution < -0.4 is 0 Å². The van der Waals surface area contributed by atoms with Crippen molar-refractivity contribution in [3.63, 3.8) is 0 Å². The van der Waals surface area contributed by atoms with E-state index in [1.54, 1.807) is 28.0 Å². The van der Waals surface area contributed by atoms with Crippen molar-refractivity contribution in [3.05, 3.63) is 35.6 Å². The molecule has 0 aromatic heterocycles. The van der Waals surface area contributed by atoms with E-state index in [2.05, 4.69) is 13.8 Å². The number of ether oxygens (including phenoxy) is 1.